The lowest BCUT2D eigenvalue weighted by Gasteiger charge is -2.35. The molecule has 0 amide bonds. The maximum absolute atomic E-state index is 13.5. The van der Waals surface area contributed by atoms with Crippen LogP contribution < -0.4 is 9.62 Å². The van der Waals surface area contributed by atoms with Gasteiger partial charge >= 0.3 is 0 Å². The molecule has 0 atom stereocenters. The van der Waals surface area contributed by atoms with Crippen molar-refractivity contribution in [2.45, 2.75) is 32.6 Å². The van der Waals surface area contributed by atoms with Crippen molar-refractivity contribution in [2.75, 3.05) is 28.5 Å². The van der Waals surface area contributed by atoms with Gasteiger partial charge in [-0.3, -0.25) is 4.72 Å². The Morgan fingerprint density at radius 3 is 2.55 bits per heavy atom. The molecule has 4 rings (SSSR count). The molecule has 1 N–H and O–H groups in total. The second-order valence-corrected chi connectivity index (χ2v) is 10.7. The zero-order valence-corrected chi connectivity index (χ0v) is 19.9. The smallest absolute Gasteiger partial charge is 0.233 e. The highest BCUT2D eigenvalue weighted by atomic mass is 32.2. The Morgan fingerprint density at radius 2 is 1.94 bits per heavy atom. The minimum absolute atomic E-state index is 0.00225. The summed E-state index contributed by atoms with van der Waals surface area (Å²) < 4.78 is 43.8. The predicted octanol–water partition coefficient (Wildman–Crippen LogP) is 3.80. The van der Waals surface area contributed by atoms with E-state index >= 15 is 0 Å². The van der Waals surface area contributed by atoms with Gasteiger partial charge in [0, 0.05) is 43.4 Å². The zero-order valence-electron chi connectivity index (χ0n) is 19.1. The van der Waals surface area contributed by atoms with Gasteiger partial charge in [0.1, 0.15) is 12.2 Å². The maximum Gasteiger partial charge on any atom is 0.233 e. The first kappa shape index (κ1) is 23.2. The average molecular weight is 473 g/mol. The second kappa shape index (κ2) is 9.46. The van der Waals surface area contributed by atoms with Crippen molar-refractivity contribution >= 4 is 21.4 Å². The van der Waals surface area contributed by atoms with E-state index in [-0.39, 0.29) is 17.6 Å². The van der Waals surface area contributed by atoms with Crippen LogP contribution in [0.25, 0.3) is 11.1 Å². The van der Waals surface area contributed by atoms with Crippen LogP contribution in [0.4, 0.5) is 15.8 Å². The lowest BCUT2D eigenvalue weighted by Crippen LogP contribution is -2.35. The number of nitrogens with zero attached hydrogens (tertiary/aromatic N) is 5. The van der Waals surface area contributed by atoms with Crippen LogP contribution >= 0.6 is 0 Å². The Labute approximate surface area is 193 Å². The highest BCUT2D eigenvalue weighted by molar-refractivity contribution is 7.92. The van der Waals surface area contributed by atoms with Gasteiger partial charge in [0.25, 0.3) is 0 Å². The topological polar surface area (TPSA) is 93.0 Å². The van der Waals surface area contributed by atoms with Crippen LogP contribution in [-0.2, 0) is 17.1 Å². The lowest BCUT2D eigenvalue weighted by atomic mass is 9.94. The van der Waals surface area contributed by atoms with Crippen LogP contribution in [0, 0.1) is 11.9 Å². The standard InChI is InChI=1S/C23H29FN6O2S/c1-16(2)14-33(31,32)28-20-6-4-5-19(18-7-8-21(24)25-13-18)22(20)30-11-9-17(10-12-30)23-27-26-15-29(23)3/h4-8,13,15-17,28H,9-12,14H2,1-3H3. The van der Waals surface area contributed by atoms with Gasteiger partial charge in [0.15, 0.2) is 0 Å². The van der Waals surface area contributed by atoms with Crippen molar-refractivity contribution in [3.8, 4) is 11.1 Å². The summed E-state index contributed by atoms with van der Waals surface area (Å²) in [6, 6.07) is 8.48. The number of rotatable bonds is 7. The van der Waals surface area contributed by atoms with E-state index in [1.165, 1.54) is 12.3 Å². The molecule has 1 aromatic carbocycles. The maximum atomic E-state index is 13.5. The molecule has 0 radical (unpaired) electrons. The monoisotopic (exact) mass is 472 g/mol. The highest BCUT2D eigenvalue weighted by Crippen LogP contribution is 2.40. The van der Waals surface area contributed by atoms with Crippen molar-refractivity contribution < 1.29 is 12.8 Å². The van der Waals surface area contributed by atoms with Gasteiger partial charge in [-0.2, -0.15) is 4.39 Å². The van der Waals surface area contributed by atoms with Crippen molar-refractivity contribution in [1.29, 1.82) is 0 Å². The number of sulfonamides is 1. The molecule has 3 heterocycles. The Bertz CT molecular complexity index is 1200. The Hall–Kier alpha value is -3.01. The molecule has 2 aromatic heterocycles. The molecule has 0 unspecified atom stereocenters. The van der Waals surface area contributed by atoms with E-state index in [4.69, 9.17) is 0 Å². The number of nitrogens with one attached hydrogen (secondary N) is 1. The molecule has 8 nitrogen and oxygen atoms in total. The SMILES string of the molecule is CC(C)CS(=O)(=O)Nc1cccc(-c2ccc(F)nc2)c1N1CCC(c2nncn2C)CC1. The Balaban J connectivity index is 1.69. The van der Waals surface area contributed by atoms with Gasteiger partial charge in [-0.25, -0.2) is 13.4 Å². The first-order chi connectivity index (χ1) is 15.7. The minimum Gasteiger partial charge on any atom is -0.369 e. The summed E-state index contributed by atoms with van der Waals surface area (Å²) in [4.78, 5) is 5.99. The first-order valence-corrected chi connectivity index (χ1v) is 12.7. The lowest BCUT2D eigenvalue weighted by molar-refractivity contribution is 0.474. The van der Waals surface area contributed by atoms with Crippen LogP contribution in [0.15, 0.2) is 42.9 Å². The summed E-state index contributed by atoms with van der Waals surface area (Å²) in [6.07, 6.45) is 4.91. The van der Waals surface area contributed by atoms with Crippen molar-refractivity contribution in [3.63, 3.8) is 0 Å². The van der Waals surface area contributed by atoms with Crippen LogP contribution in [0.5, 0.6) is 0 Å². The zero-order chi connectivity index (χ0) is 23.6. The number of para-hydroxylation sites is 1. The van der Waals surface area contributed by atoms with Gasteiger partial charge in [0.05, 0.1) is 17.1 Å². The highest BCUT2D eigenvalue weighted by Gasteiger charge is 2.28. The average Bonchev–Trinajstić information content (AvgIpc) is 3.19. The molecule has 0 aliphatic carbocycles. The van der Waals surface area contributed by atoms with Crippen LogP contribution in [0.3, 0.4) is 0 Å². The number of aromatic nitrogens is 4. The fourth-order valence-electron chi connectivity index (χ4n) is 4.41. The van der Waals surface area contributed by atoms with Gasteiger partial charge in [-0.1, -0.05) is 26.0 Å². The van der Waals surface area contributed by atoms with Gasteiger partial charge in [-0.15, -0.1) is 10.2 Å². The van der Waals surface area contributed by atoms with Crippen LogP contribution in [0.1, 0.15) is 38.4 Å². The number of piperidine rings is 1. The van der Waals surface area contributed by atoms with E-state index < -0.39 is 16.0 Å². The van der Waals surface area contributed by atoms with Crippen LogP contribution in [-0.4, -0.2) is 47.0 Å². The fraction of sp³-hybridized carbons (Fsp3) is 0.435. The molecule has 33 heavy (non-hydrogen) atoms. The fourth-order valence-corrected chi connectivity index (χ4v) is 5.87. The van der Waals surface area contributed by atoms with Crippen molar-refractivity contribution in [2.24, 2.45) is 13.0 Å². The number of anilines is 2. The molecular formula is C23H29FN6O2S. The number of aryl methyl sites for hydroxylation is 1. The number of benzene rings is 1. The molecule has 1 aliphatic heterocycles. The number of pyridine rings is 1. The quantitative estimate of drug-likeness (QED) is 0.526. The molecule has 1 saturated heterocycles. The molecule has 0 spiro atoms. The van der Waals surface area contributed by atoms with Crippen molar-refractivity contribution in [1.82, 2.24) is 19.7 Å². The van der Waals surface area contributed by atoms with Gasteiger partial charge in [-0.05, 0) is 37.0 Å². The largest absolute Gasteiger partial charge is 0.369 e. The predicted molar refractivity (Wildman–Crippen MR) is 127 cm³/mol. The summed E-state index contributed by atoms with van der Waals surface area (Å²) >= 11 is 0. The van der Waals surface area contributed by atoms with E-state index in [9.17, 15) is 12.8 Å². The molecule has 3 aromatic rings. The molecule has 176 valence electrons. The summed E-state index contributed by atoms with van der Waals surface area (Å²) in [5, 5.41) is 8.26. The third-order valence-electron chi connectivity index (χ3n) is 5.82. The summed E-state index contributed by atoms with van der Waals surface area (Å²) in [7, 11) is -1.58. The summed E-state index contributed by atoms with van der Waals surface area (Å²) in [6.45, 7) is 5.19. The van der Waals surface area contributed by atoms with Gasteiger partial charge in [0.2, 0.25) is 16.0 Å². The van der Waals surface area contributed by atoms with E-state index in [2.05, 4.69) is 24.8 Å². The first-order valence-electron chi connectivity index (χ1n) is 11.1. The van der Waals surface area contributed by atoms with E-state index in [1.54, 1.807) is 18.5 Å². The third kappa shape index (κ3) is 5.32. The summed E-state index contributed by atoms with van der Waals surface area (Å²) in [5.41, 5.74) is 2.85. The van der Waals surface area contributed by atoms with Crippen LogP contribution in [0.2, 0.25) is 0 Å². The number of halogens is 1. The van der Waals surface area contributed by atoms with E-state index in [1.807, 2.05) is 37.6 Å². The molecule has 10 heteroatoms. The number of hydrogen-bond acceptors (Lipinski definition) is 6. The summed E-state index contributed by atoms with van der Waals surface area (Å²) in [5.74, 6) is 0.720. The normalized spacial score (nSPS) is 15.2. The second-order valence-electron chi connectivity index (χ2n) is 8.91. The molecular weight excluding hydrogens is 443 g/mol. The van der Waals surface area contributed by atoms with Crippen molar-refractivity contribution in [3.05, 3.63) is 54.6 Å². The van der Waals surface area contributed by atoms with E-state index in [0.717, 1.165) is 48.6 Å². The molecule has 1 aliphatic rings. The Morgan fingerprint density at radius 1 is 1.18 bits per heavy atom. The molecule has 0 bridgehead atoms. The number of hydrogen-bond donors (Lipinski definition) is 1. The molecule has 1 fully saturated rings. The molecule has 0 saturated carbocycles. The minimum atomic E-state index is -3.53. The van der Waals surface area contributed by atoms with E-state index in [0.29, 0.717) is 5.69 Å². The Kier molecular flexibility index (Phi) is 6.64. The third-order valence-corrected chi connectivity index (χ3v) is 7.45. The van der Waals surface area contributed by atoms with Gasteiger partial charge < -0.3 is 9.47 Å².